The van der Waals surface area contributed by atoms with Gasteiger partial charge in [0, 0.05) is 0 Å². The van der Waals surface area contributed by atoms with Crippen LogP contribution >= 0.6 is 0 Å². The predicted molar refractivity (Wildman–Crippen MR) is 76.2 cm³/mol. The van der Waals surface area contributed by atoms with Gasteiger partial charge in [-0.3, -0.25) is 0 Å². The lowest BCUT2D eigenvalue weighted by molar-refractivity contribution is 0.0427. The van der Waals surface area contributed by atoms with Crippen molar-refractivity contribution < 1.29 is 0 Å². The predicted octanol–water partition coefficient (Wildman–Crippen LogP) is 5.95. The molecule has 0 saturated heterocycles. The standard InChI is InChI=1S/C17H32/c1-3-8-15-11-13-17(4-2,14-12-15)16-9-6-5-7-10-16/h15-16H,3-14H2,1-2H3. The summed E-state index contributed by atoms with van der Waals surface area (Å²) in [5, 5.41) is 0. The first kappa shape index (κ1) is 13.4. The summed E-state index contributed by atoms with van der Waals surface area (Å²) in [6.07, 6.45) is 18.2. The molecule has 0 aromatic heterocycles. The molecule has 0 N–H and O–H groups in total. The van der Waals surface area contributed by atoms with Crippen molar-refractivity contribution in [2.24, 2.45) is 17.3 Å². The van der Waals surface area contributed by atoms with E-state index in [1.165, 1.54) is 51.4 Å². The summed E-state index contributed by atoms with van der Waals surface area (Å²) >= 11 is 0. The molecule has 0 heteroatoms. The fourth-order valence-electron chi connectivity index (χ4n) is 4.71. The second-order valence-corrected chi connectivity index (χ2v) is 6.78. The first-order chi connectivity index (χ1) is 8.30. The Hall–Kier alpha value is 0. The van der Waals surface area contributed by atoms with Crippen molar-refractivity contribution in [3.8, 4) is 0 Å². The van der Waals surface area contributed by atoms with E-state index in [0.717, 1.165) is 17.3 Å². The van der Waals surface area contributed by atoms with E-state index in [1.807, 2.05) is 0 Å². The molecule has 0 spiro atoms. The largest absolute Gasteiger partial charge is 0.0654 e. The van der Waals surface area contributed by atoms with E-state index in [-0.39, 0.29) is 0 Å². The highest BCUT2D eigenvalue weighted by molar-refractivity contribution is 4.91. The van der Waals surface area contributed by atoms with Crippen LogP contribution in [-0.4, -0.2) is 0 Å². The quantitative estimate of drug-likeness (QED) is 0.565. The van der Waals surface area contributed by atoms with Crippen LogP contribution in [0.15, 0.2) is 0 Å². The van der Waals surface area contributed by atoms with E-state index in [9.17, 15) is 0 Å². The second kappa shape index (κ2) is 6.25. The van der Waals surface area contributed by atoms with E-state index < -0.39 is 0 Å². The van der Waals surface area contributed by atoms with Gasteiger partial charge in [-0.2, -0.15) is 0 Å². The molecule has 0 radical (unpaired) electrons. The van der Waals surface area contributed by atoms with Crippen molar-refractivity contribution in [2.75, 3.05) is 0 Å². The van der Waals surface area contributed by atoms with Crippen LogP contribution in [0.1, 0.15) is 90.9 Å². The molecule has 0 unspecified atom stereocenters. The molecule has 2 fully saturated rings. The number of hydrogen-bond acceptors (Lipinski definition) is 0. The highest BCUT2D eigenvalue weighted by Crippen LogP contribution is 2.52. The molecule has 0 atom stereocenters. The minimum atomic E-state index is 0.769. The van der Waals surface area contributed by atoms with Gasteiger partial charge in [-0.1, -0.05) is 52.4 Å². The van der Waals surface area contributed by atoms with E-state index >= 15 is 0 Å². The molecule has 0 nitrogen and oxygen atoms in total. The molecule has 0 aliphatic heterocycles. The average molecular weight is 236 g/mol. The fourth-order valence-corrected chi connectivity index (χ4v) is 4.71. The van der Waals surface area contributed by atoms with Crippen LogP contribution in [0.2, 0.25) is 0 Å². The van der Waals surface area contributed by atoms with Gasteiger partial charge in [-0.05, 0) is 55.8 Å². The third kappa shape index (κ3) is 3.06. The summed E-state index contributed by atoms with van der Waals surface area (Å²) in [6, 6.07) is 0. The second-order valence-electron chi connectivity index (χ2n) is 6.78. The first-order valence-corrected chi connectivity index (χ1v) is 8.30. The maximum atomic E-state index is 2.47. The molecule has 0 amide bonds. The SMILES string of the molecule is CCCC1CCC(CC)(C2CCCCC2)CC1. The van der Waals surface area contributed by atoms with E-state index in [1.54, 1.807) is 25.7 Å². The maximum absolute atomic E-state index is 2.47. The number of rotatable bonds is 4. The van der Waals surface area contributed by atoms with Crippen molar-refractivity contribution in [2.45, 2.75) is 90.9 Å². The zero-order chi connectivity index (χ0) is 12.1. The van der Waals surface area contributed by atoms with Crippen molar-refractivity contribution in [3.63, 3.8) is 0 Å². The molecule has 2 saturated carbocycles. The summed E-state index contributed by atoms with van der Waals surface area (Å²) in [5.41, 5.74) is 0.769. The summed E-state index contributed by atoms with van der Waals surface area (Å²) < 4.78 is 0. The summed E-state index contributed by atoms with van der Waals surface area (Å²) in [5.74, 6) is 2.16. The maximum Gasteiger partial charge on any atom is -0.0272 e. The third-order valence-corrected chi connectivity index (χ3v) is 5.97. The smallest absolute Gasteiger partial charge is 0.0272 e. The Morgan fingerprint density at radius 1 is 0.882 bits per heavy atom. The summed E-state index contributed by atoms with van der Waals surface area (Å²) in [6.45, 7) is 4.82. The van der Waals surface area contributed by atoms with Gasteiger partial charge < -0.3 is 0 Å². The number of hydrogen-bond donors (Lipinski definition) is 0. The van der Waals surface area contributed by atoms with Crippen LogP contribution < -0.4 is 0 Å². The Morgan fingerprint density at radius 3 is 2.06 bits per heavy atom. The summed E-state index contributed by atoms with van der Waals surface area (Å²) in [7, 11) is 0. The van der Waals surface area contributed by atoms with Crippen LogP contribution in [-0.2, 0) is 0 Å². The van der Waals surface area contributed by atoms with E-state index in [0.29, 0.717) is 0 Å². The molecule has 0 heterocycles. The Balaban J connectivity index is 1.92. The minimum absolute atomic E-state index is 0.769. The molecule has 17 heavy (non-hydrogen) atoms. The van der Waals surface area contributed by atoms with Crippen LogP contribution in [0.3, 0.4) is 0 Å². The van der Waals surface area contributed by atoms with Gasteiger partial charge >= 0.3 is 0 Å². The topological polar surface area (TPSA) is 0 Å². The van der Waals surface area contributed by atoms with Crippen molar-refractivity contribution in [3.05, 3.63) is 0 Å². The minimum Gasteiger partial charge on any atom is -0.0654 e. The van der Waals surface area contributed by atoms with Crippen molar-refractivity contribution in [1.29, 1.82) is 0 Å². The monoisotopic (exact) mass is 236 g/mol. The van der Waals surface area contributed by atoms with Gasteiger partial charge in [-0.25, -0.2) is 0 Å². The molecule has 0 bridgehead atoms. The van der Waals surface area contributed by atoms with Gasteiger partial charge in [0.2, 0.25) is 0 Å². The van der Waals surface area contributed by atoms with Gasteiger partial charge in [0.05, 0.1) is 0 Å². The molecule has 2 aliphatic rings. The van der Waals surface area contributed by atoms with Crippen molar-refractivity contribution in [1.82, 2.24) is 0 Å². The lowest BCUT2D eigenvalue weighted by Crippen LogP contribution is -2.35. The molecule has 2 aliphatic carbocycles. The van der Waals surface area contributed by atoms with Crippen LogP contribution in [0.25, 0.3) is 0 Å². The summed E-state index contributed by atoms with van der Waals surface area (Å²) in [4.78, 5) is 0. The van der Waals surface area contributed by atoms with E-state index in [2.05, 4.69) is 13.8 Å². The highest BCUT2D eigenvalue weighted by Gasteiger charge is 2.40. The fraction of sp³-hybridized carbons (Fsp3) is 1.00. The normalized spacial score (nSPS) is 36.0. The Labute approximate surface area is 109 Å². The Morgan fingerprint density at radius 2 is 1.53 bits per heavy atom. The average Bonchev–Trinajstić information content (AvgIpc) is 2.41. The van der Waals surface area contributed by atoms with Crippen LogP contribution in [0, 0.1) is 17.3 Å². The van der Waals surface area contributed by atoms with E-state index in [4.69, 9.17) is 0 Å². The molecule has 100 valence electrons. The molecule has 0 aromatic rings. The molecule has 2 rings (SSSR count). The van der Waals surface area contributed by atoms with Crippen LogP contribution in [0.4, 0.5) is 0 Å². The van der Waals surface area contributed by atoms with Crippen molar-refractivity contribution >= 4 is 0 Å². The molecule has 0 aromatic carbocycles. The zero-order valence-electron chi connectivity index (χ0n) is 12.1. The zero-order valence-corrected chi connectivity index (χ0v) is 12.1. The van der Waals surface area contributed by atoms with Gasteiger partial charge in [0.25, 0.3) is 0 Å². The first-order valence-electron chi connectivity index (χ1n) is 8.30. The molecular weight excluding hydrogens is 204 g/mol. The highest BCUT2D eigenvalue weighted by atomic mass is 14.4. The lowest BCUT2D eigenvalue weighted by Gasteiger charge is -2.47. The van der Waals surface area contributed by atoms with Gasteiger partial charge in [0.15, 0.2) is 0 Å². The third-order valence-electron chi connectivity index (χ3n) is 5.97. The lowest BCUT2D eigenvalue weighted by atomic mass is 9.58. The van der Waals surface area contributed by atoms with Gasteiger partial charge in [-0.15, -0.1) is 0 Å². The van der Waals surface area contributed by atoms with Gasteiger partial charge in [0.1, 0.15) is 0 Å². The van der Waals surface area contributed by atoms with Crippen LogP contribution in [0.5, 0.6) is 0 Å². The Kier molecular flexibility index (Phi) is 4.94. The Bertz CT molecular complexity index is 204. The molecular formula is C17H32.